The van der Waals surface area contributed by atoms with Gasteiger partial charge in [-0.1, -0.05) is 64.2 Å². The molecule has 0 bridgehead atoms. The Balaban J connectivity index is 3.35. The Morgan fingerprint density at radius 2 is 1.23 bits per heavy atom. The van der Waals surface area contributed by atoms with E-state index in [0.717, 1.165) is 25.8 Å². The Labute approximate surface area is 165 Å². The molecule has 4 N–H and O–H groups in total. The van der Waals surface area contributed by atoms with Crippen LogP contribution in [0.3, 0.4) is 0 Å². The van der Waals surface area contributed by atoms with E-state index in [1.54, 1.807) is 0 Å². The van der Waals surface area contributed by atoms with Gasteiger partial charge in [0.15, 0.2) is 0 Å². The number of carbonyl (C=O) groups is 2. The second-order valence-electron chi connectivity index (χ2n) is 7.15. The van der Waals surface area contributed by atoms with Crippen LogP contribution in [0.15, 0.2) is 0 Å². The maximum Gasteiger partial charge on any atom is 0.220 e. The largest absolute Gasteiger partial charge is 0.548 e. The van der Waals surface area contributed by atoms with Crippen LogP contribution < -0.4 is 16.2 Å². The molecule has 0 rings (SSSR count). The Kier molecular flexibility index (Phi) is 18.5. The van der Waals surface area contributed by atoms with Gasteiger partial charge in [0.2, 0.25) is 5.91 Å². The molecule has 6 heteroatoms. The van der Waals surface area contributed by atoms with Gasteiger partial charge in [0, 0.05) is 6.42 Å². The van der Waals surface area contributed by atoms with Gasteiger partial charge in [-0.2, -0.15) is 12.6 Å². The second kappa shape index (κ2) is 19.0. The summed E-state index contributed by atoms with van der Waals surface area (Å²) in [4.78, 5) is 22.6. The third kappa shape index (κ3) is 16.7. The van der Waals surface area contributed by atoms with E-state index in [0.29, 0.717) is 18.6 Å². The lowest BCUT2D eigenvalue weighted by Crippen LogP contribution is -2.50. The molecule has 1 unspecified atom stereocenters. The van der Waals surface area contributed by atoms with Gasteiger partial charge in [-0.25, -0.2) is 0 Å². The van der Waals surface area contributed by atoms with Gasteiger partial charge in [-0.05, 0) is 31.4 Å². The molecule has 0 fully saturated rings. The van der Waals surface area contributed by atoms with Gasteiger partial charge in [0.25, 0.3) is 0 Å². The first-order valence-corrected chi connectivity index (χ1v) is 11.2. The SMILES string of the molecule is [NH3+]CCCCCCCCCCCCCCCC(=O)NC(CCS)C(=O)[O-]. The zero-order valence-electron chi connectivity index (χ0n) is 16.5. The van der Waals surface area contributed by atoms with Gasteiger partial charge in [0.05, 0.1) is 18.6 Å². The third-order valence-electron chi connectivity index (χ3n) is 4.69. The maximum atomic E-state index is 11.7. The van der Waals surface area contributed by atoms with E-state index in [1.165, 1.54) is 64.2 Å². The maximum absolute atomic E-state index is 11.7. The Morgan fingerprint density at radius 1 is 0.808 bits per heavy atom. The number of hydrogen-bond acceptors (Lipinski definition) is 4. The van der Waals surface area contributed by atoms with Crippen LogP contribution in [0.1, 0.15) is 96.3 Å². The summed E-state index contributed by atoms with van der Waals surface area (Å²) in [6, 6.07) is -0.913. The molecule has 0 heterocycles. The molecule has 0 aromatic heterocycles. The van der Waals surface area contributed by atoms with Crippen molar-refractivity contribution in [3.05, 3.63) is 0 Å². The van der Waals surface area contributed by atoms with E-state index in [4.69, 9.17) is 0 Å². The van der Waals surface area contributed by atoms with Crippen LogP contribution in [-0.4, -0.2) is 30.2 Å². The van der Waals surface area contributed by atoms with E-state index >= 15 is 0 Å². The lowest BCUT2D eigenvalue weighted by Gasteiger charge is -2.18. The fraction of sp³-hybridized carbons (Fsp3) is 0.900. The van der Waals surface area contributed by atoms with Crippen molar-refractivity contribution in [2.24, 2.45) is 0 Å². The average molecular weight is 389 g/mol. The van der Waals surface area contributed by atoms with E-state index in [1.807, 2.05) is 0 Å². The van der Waals surface area contributed by atoms with Gasteiger partial charge < -0.3 is 21.0 Å². The Bertz CT molecular complexity index is 354. The first-order chi connectivity index (χ1) is 12.6. The first-order valence-electron chi connectivity index (χ1n) is 10.5. The zero-order chi connectivity index (χ0) is 19.5. The highest BCUT2D eigenvalue weighted by Crippen LogP contribution is 2.12. The summed E-state index contributed by atoms with van der Waals surface area (Å²) in [6.07, 6.45) is 16.9. The van der Waals surface area contributed by atoms with Gasteiger partial charge in [0.1, 0.15) is 0 Å². The quantitative estimate of drug-likeness (QED) is 0.234. The monoisotopic (exact) mass is 388 g/mol. The molecule has 0 saturated carbocycles. The molecule has 0 aliphatic carbocycles. The highest BCUT2D eigenvalue weighted by molar-refractivity contribution is 7.80. The van der Waals surface area contributed by atoms with Crippen molar-refractivity contribution in [2.45, 2.75) is 102 Å². The van der Waals surface area contributed by atoms with E-state index in [2.05, 4.69) is 23.7 Å². The second-order valence-corrected chi connectivity index (χ2v) is 7.60. The van der Waals surface area contributed by atoms with Crippen molar-refractivity contribution >= 4 is 24.5 Å². The van der Waals surface area contributed by atoms with Crippen molar-refractivity contribution < 1.29 is 20.4 Å². The van der Waals surface area contributed by atoms with Crippen LogP contribution in [0.5, 0.6) is 0 Å². The van der Waals surface area contributed by atoms with Crippen LogP contribution >= 0.6 is 12.6 Å². The fourth-order valence-electron chi connectivity index (χ4n) is 3.05. The van der Waals surface area contributed by atoms with Crippen molar-refractivity contribution in [3.63, 3.8) is 0 Å². The lowest BCUT2D eigenvalue weighted by atomic mass is 10.0. The molecule has 0 aromatic rings. The average Bonchev–Trinajstić information content (AvgIpc) is 2.61. The Hall–Kier alpha value is -0.750. The molecule has 0 aliphatic heterocycles. The van der Waals surface area contributed by atoms with Crippen LogP contribution in [-0.2, 0) is 9.59 Å². The highest BCUT2D eigenvalue weighted by atomic mass is 32.1. The summed E-state index contributed by atoms with van der Waals surface area (Å²) in [5, 5.41) is 13.4. The molecule has 1 amide bonds. The van der Waals surface area contributed by atoms with Crippen molar-refractivity contribution in [3.8, 4) is 0 Å². The summed E-state index contributed by atoms with van der Waals surface area (Å²) >= 11 is 3.99. The van der Waals surface area contributed by atoms with Crippen LogP contribution in [0.2, 0.25) is 0 Å². The summed E-state index contributed by atoms with van der Waals surface area (Å²) in [6.45, 7) is 1.07. The number of unbranched alkanes of at least 4 members (excludes halogenated alkanes) is 12. The van der Waals surface area contributed by atoms with E-state index in [9.17, 15) is 14.7 Å². The molecule has 1 atom stereocenters. The molecule has 26 heavy (non-hydrogen) atoms. The molecule has 0 aromatic carbocycles. The molecular formula is C20H40N2O3S. The normalized spacial score (nSPS) is 12.1. The Morgan fingerprint density at radius 3 is 1.62 bits per heavy atom. The number of aliphatic carboxylic acids is 1. The summed E-state index contributed by atoms with van der Waals surface area (Å²) in [5.74, 6) is -1.02. The van der Waals surface area contributed by atoms with E-state index in [-0.39, 0.29) is 5.91 Å². The number of carboxylic acids is 1. The highest BCUT2D eigenvalue weighted by Gasteiger charge is 2.12. The number of amides is 1. The number of rotatable bonds is 19. The molecule has 154 valence electrons. The number of carboxylic acid groups (broad SMARTS) is 1. The lowest BCUT2D eigenvalue weighted by molar-refractivity contribution is -0.368. The third-order valence-corrected chi connectivity index (χ3v) is 4.95. The minimum Gasteiger partial charge on any atom is -0.548 e. The van der Waals surface area contributed by atoms with Crippen LogP contribution in [0.25, 0.3) is 0 Å². The fourth-order valence-corrected chi connectivity index (χ4v) is 3.31. The van der Waals surface area contributed by atoms with Gasteiger partial charge in [-0.15, -0.1) is 0 Å². The summed E-state index contributed by atoms with van der Waals surface area (Å²) in [5.41, 5.74) is 3.87. The molecule has 0 saturated heterocycles. The number of carbonyl (C=O) groups excluding carboxylic acids is 2. The van der Waals surface area contributed by atoms with Crippen LogP contribution in [0, 0.1) is 0 Å². The van der Waals surface area contributed by atoms with Crippen molar-refractivity contribution in [1.82, 2.24) is 5.32 Å². The number of thiol groups is 1. The first kappa shape index (κ1) is 25.2. The number of hydrogen-bond donors (Lipinski definition) is 3. The minimum absolute atomic E-state index is 0.198. The van der Waals surface area contributed by atoms with Crippen LogP contribution in [0.4, 0.5) is 0 Å². The summed E-state index contributed by atoms with van der Waals surface area (Å²) < 4.78 is 0. The smallest absolute Gasteiger partial charge is 0.220 e. The van der Waals surface area contributed by atoms with E-state index < -0.39 is 12.0 Å². The molecule has 0 aliphatic rings. The van der Waals surface area contributed by atoms with Crippen molar-refractivity contribution in [1.29, 1.82) is 0 Å². The standard InChI is InChI=1S/C20H40N2O3S/c21-16-13-11-9-7-5-3-1-2-4-6-8-10-12-14-19(23)22-18(15-17-26)20(24)25/h18,26H,1-17,21H2,(H,22,23)(H,24,25). The zero-order valence-corrected chi connectivity index (χ0v) is 17.4. The topological polar surface area (TPSA) is 96.9 Å². The van der Waals surface area contributed by atoms with Gasteiger partial charge >= 0.3 is 0 Å². The summed E-state index contributed by atoms with van der Waals surface area (Å²) in [7, 11) is 0. The van der Waals surface area contributed by atoms with Gasteiger partial charge in [-0.3, -0.25) is 4.79 Å². The van der Waals surface area contributed by atoms with Crippen molar-refractivity contribution in [2.75, 3.05) is 12.3 Å². The number of nitrogens with one attached hydrogen (secondary N) is 1. The molecule has 0 spiro atoms. The predicted molar refractivity (Wildman–Crippen MR) is 108 cm³/mol. The predicted octanol–water partition coefficient (Wildman–Crippen LogP) is 2.24. The number of quaternary nitrogens is 1. The molecular weight excluding hydrogens is 348 g/mol. The molecule has 0 radical (unpaired) electrons. The minimum atomic E-state index is -1.23. The molecule has 5 nitrogen and oxygen atoms in total.